The molecule has 25 heavy (non-hydrogen) atoms. The summed E-state index contributed by atoms with van der Waals surface area (Å²) < 4.78 is 35.0. The molecule has 3 aliphatic rings. The van der Waals surface area contributed by atoms with Gasteiger partial charge in [0.15, 0.2) is 0 Å². The number of ether oxygens (including phenoxy) is 1. The first-order chi connectivity index (χ1) is 12.1. The van der Waals surface area contributed by atoms with Crippen LogP contribution in [0.25, 0.3) is 0 Å². The largest absolute Gasteiger partial charge is 0.379 e. The molecule has 2 bridgehead atoms. The Morgan fingerprint density at radius 3 is 2.48 bits per heavy atom. The van der Waals surface area contributed by atoms with Crippen LogP contribution >= 0.6 is 0 Å². The number of aryl methyl sites for hydroxylation is 1. The predicted molar refractivity (Wildman–Crippen MR) is 93.7 cm³/mol. The molecule has 3 heterocycles. The van der Waals surface area contributed by atoms with Crippen molar-refractivity contribution in [1.29, 1.82) is 0 Å². The summed E-state index contributed by atoms with van der Waals surface area (Å²) in [6.45, 7) is 7.47. The van der Waals surface area contributed by atoms with Crippen LogP contribution in [-0.4, -0.2) is 72.8 Å². The normalized spacial score (nSPS) is 32.0. The zero-order valence-electron chi connectivity index (χ0n) is 14.9. The number of sulfonamides is 1. The SMILES string of the molecule is CCn1cc(S(=O)(=O)N2C[C@@H]3CCC[C@@H](C2)C3N2CCOCC2)cn1. The molecular weight excluding hydrogens is 340 g/mol. The summed E-state index contributed by atoms with van der Waals surface area (Å²) in [6, 6.07) is 0.516. The Morgan fingerprint density at radius 2 is 1.88 bits per heavy atom. The smallest absolute Gasteiger partial charge is 0.246 e. The highest BCUT2D eigenvalue weighted by Crippen LogP contribution is 2.39. The molecule has 8 heteroatoms. The molecule has 0 unspecified atom stereocenters. The number of morpholine rings is 1. The van der Waals surface area contributed by atoms with Crippen LogP contribution in [0.15, 0.2) is 17.3 Å². The van der Waals surface area contributed by atoms with Crippen molar-refractivity contribution < 1.29 is 13.2 Å². The van der Waals surface area contributed by atoms with E-state index in [-0.39, 0.29) is 0 Å². The van der Waals surface area contributed by atoms with E-state index in [1.807, 2.05) is 6.92 Å². The summed E-state index contributed by atoms with van der Waals surface area (Å²) >= 11 is 0. The molecule has 3 fully saturated rings. The van der Waals surface area contributed by atoms with Gasteiger partial charge in [-0.25, -0.2) is 8.42 Å². The zero-order valence-corrected chi connectivity index (χ0v) is 15.7. The van der Waals surface area contributed by atoms with Crippen LogP contribution in [0.5, 0.6) is 0 Å². The van der Waals surface area contributed by atoms with E-state index in [4.69, 9.17) is 4.74 Å². The van der Waals surface area contributed by atoms with Gasteiger partial charge in [0.1, 0.15) is 4.90 Å². The molecule has 7 nitrogen and oxygen atoms in total. The van der Waals surface area contributed by atoms with Crippen LogP contribution in [0.3, 0.4) is 0 Å². The van der Waals surface area contributed by atoms with Gasteiger partial charge in [-0.1, -0.05) is 6.42 Å². The molecule has 1 saturated carbocycles. The maximum absolute atomic E-state index is 13.1. The van der Waals surface area contributed by atoms with Gasteiger partial charge < -0.3 is 4.74 Å². The molecule has 1 aromatic heterocycles. The van der Waals surface area contributed by atoms with Crippen LogP contribution in [0.4, 0.5) is 0 Å². The van der Waals surface area contributed by atoms with Gasteiger partial charge in [-0.2, -0.15) is 9.40 Å². The topological polar surface area (TPSA) is 67.7 Å². The van der Waals surface area contributed by atoms with Gasteiger partial charge in [0.05, 0.1) is 19.4 Å². The van der Waals surface area contributed by atoms with E-state index in [2.05, 4.69) is 10.00 Å². The zero-order chi connectivity index (χ0) is 17.4. The number of aromatic nitrogens is 2. The molecule has 0 radical (unpaired) electrons. The highest BCUT2D eigenvalue weighted by Gasteiger charge is 2.45. The second kappa shape index (κ2) is 6.98. The van der Waals surface area contributed by atoms with E-state index >= 15 is 0 Å². The van der Waals surface area contributed by atoms with Crippen LogP contribution < -0.4 is 0 Å². The molecule has 0 aromatic carbocycles. The van der Waals surface area contributed by atoms with Crippen LogP contribution in [0.2, 0.25) is 0 Å². The summed E-state index contributed by atoms with van der Waals surface area (Å²) in [6.07, 6.45) is 6.61. The molecule has 0 spiro atoms. The van der Waals surface area contributed by atoms with Gasteiger partial charge in [-0.15, -0.1) is 0 Å². The van der Waals surface area contributed by atoms with E-state index in [0.29, 0.717) is 42.4 Å². The number of hydrogen-bond acceptors (Lipinski definition) is 5. The van der Waals surface area contributed by atoms with Gasteiger partial charge >= 0.3 is 0 Å². The van der Waals surface area contributed by atoms with Crippen molar-refractivity contribution in [3.63, 3.8) is 0 Å². The Kier molecular flexibility index (Phi) is 4.87. The second-order valence-corrected chi connectivity index (χ2v) is 9.38. The molecule has 1 aromatic rings. The average molecular weight is 369 g/mol. The fraction of sp³-hybridized carbons (Fsp3) is 0.824. The maximum atomic E-state index is 13.1. The third kappa shape index (κ3) is 3.25. The van der Waals surface area contributed by atoms with Crippen molar-refractivity contribution >= 4 is 10.0 Å². The van der Waals surface area contributed by atoms with Crippen LogP contribution in [0, 0.1) is 11.8 Å². The Hall–Kier alpha value is -0.960. The maximum Gasteiger partial charge on any atom is 0.246 e. The number of nitrogens with zero attached hydrogens (tertiary/aromatic N) is 4. The lowest BCUT2D eigenvalue weighted by atomic mass is 9.73. The molecule has 0 N–H and O–H groups in total. The van der Waals surface area contributed by atoms with Gasteiger partial charge in [0.25, 0.3) is 0 Å². The van der Waals surface area contributed by atoms with Crippen LogP contribution in [-0.2, 0) is 21.3 Å². The molecule has 2 saturated heterocycles. The van der Waals surface area contributed by atoms with Gasteiger partial charge in [0, 0.05) is 45.0 Å². The number of hydrogen-bond donors (Lipinski definition) is 0. The van der Waals surface area contributed by atoms with Gasteiger partial charge in [0.2, 0.25) is 10.0 Å². The third-order valence-corrected chi connectivity index (χ3v) is 7.82. The summed E-state index contributed by atoms with van der Waals surface area (Å²) in [4.78, 5) is 2.88. The summed E-state index contributed by atoms with van der Waals surface area (Å²) in [5.41, 5.74) is 0. The first-order valence-electron chi connectivity index (χ1n) is 9.44. The molecule has 2 atom stereocenters. The van der Waals surface area contributed by atoms with Crippen molar-refractivity contribution in [2.75, 3.05) is 39.4 Å². The minimum absolute atomic E-state index is 0.331. The second-order valence-electron chi connectivity index (χ2n) is 7.44. The summed E-state index contributed by atoms with van der Waals surface area (Å²) in [7, 11) is -3.44. The molecule has 4 rings (SSSR count). The van der Waals surface area contributed by atoms with E-state index < -0.39 is 10.0 Å². The standard InChI is InChI=1S/C17H28N4O3S/c1-2-20-13-16(10-18-20)25(22,23)21-11-14-4-3-5-15(12-21)17(14)19-6-8-24-9-7-19/h10,13-15,17H,2-9,11-12H2,1H3/t14-,15-/m0/s1. The van der Waals surface area contributed by atoms with Crippen molar-refractivity contribution in [3.05, 3.63) is 12.4 Å². The Labute approximate surface area is 150 Å². The lowest BCUT2D eigenvalue weighted by Crippen LogP contribution is -2.60. The quantitative estimate of drug-likeness (QED) is 0.794. The van der Waals surface area contributed by atoms with Crippen molar-refractivity contribution in [1.82, 2.24) is 19.0 Å². The number of piperidine rings is 1. The van der Waals surface area contributed by atoms with E-state index in [1.54, 1.807) is 15.2 Å². The van der Waals surface area contributed by atoms with E-state index in [1.165, 1.54) is 12.6 Å². The highest BCUT2D eigenvalue weighted by molar-refractivity contribution is 7.89. The Bertz CT molecular complexity index is 685. The Balaban J connectivity index is 1.54. The molecule has 140 valence electrons. The lowest BCUT2D eigenvalue weighted by Gasteiger charge is -2.51. The molecule has 0 amide bonds. The molecule has 2 aliphatic heterocycles. The molecule has 1 aliphatic carbocycles. The first-order valence-corrected chi connectivity index (χ1v) is 10.9. The van der Waals surface area contributed by atoms with E-state index in [0.717, 1.165) is 39.1 Å². The minimum Gasteiger partial charge on any atom is -0.379 e. The predicted octanol–water partition coefficient (Wildman–Crippen LogP) is 1.02. The first kappa shape index (κ1) is 17.5. The number of rotatable bonds is 4. The van der Waals surface area contributed by atoms with Gasteiger partial charge in [-0.05, 0) is 31.6 Å². The Morgan fingerprint density at radius 1 is 1.20 bits per heavy atom. The van der Waals surface area contributed by atoms with Crippen molar-refractivity contribution in [2.45, 2.75) is 43.7 Å². The fourth-order valence-corrected chi connectivity index (χ4v) is 6.34. The summed E-state index contributed by atoms with van der Waals surface area (Å²) in [5.74, 6) is 0.864. The highest BCUT2D eigenvalue weighted by atomic mass is 32.2. The lowest BCUT2D eigenvalue weighted by molar-refractivity contribution is -0.0480. The van der Waals surface area contributed by atoms with Crippen molar-refractivity contribution in [2.24, 2.45) is 11.8 Å². The third-order valence-electron chi connectivity index (χ3n) is 6.03. The van der Waals surface area contributed by atoms with Crippen molar-refractivity contribution in [3.8, 4) is 0 Å². The number of fused-ring (bicyclic) bond motifs is 2. The minimum atomic E-state index is -3.44. The monoisotopic (exact) mass is 368 g/mol. The van der Waals surface area contributed by atoms with Crippen LogP contribution in [0.1, 0.15) is 26.2 Å². The van der Waals surface area contributed by atoms with E-state index in [9.17, 15) is 8.42 Å². The summed E-state index contributed by atoms with van der Waals surface area (Å²) in [5, 5.41) is 4.15. The fourth-order valence-electron chi connectivity index (χ4n) is 4.83. The average Bonchev–Trinajstić information content (AvgIpc) is 3.11. The molecular formula is C17H28N4O3S. The van der Waals surface area contributed by atoms with Gasteiger partial charge in [-0.3, -0.25) is 9.58 Å².